The van der Waals surface area contributed by atoms with E-state index < -0.39 is 17.5 Å². The standard InChI is InChI=1S/C26H30F3N5O3S/c1-16-12-18(14-19(13-16)33-24-31-10-6-21(34-24)26(27,28)29)20-15-32-23(38-20)25(36)7-4-17(5-8-25)22(35)30-9-3-11-37-2/h6,10,12-15,17,36H,3-5,7-9,11H2,1-2H3,(H,30,35)(H,31,33,34). The third-order valence-electron chi connectivity index (χ3n) is 6.48. The average molecular weight is 550 g/mol. The molecule has 1 aliphatic rings. The van der Waals surface area contributed by atoms with E-state index >= 15 is 0 Å². The van der Waals surface area contributed by atoms with Crippen LogP contribution >= 0.6 is 11.3 Å². The predicted octanol–water partition coefficient (Wildman–Crippen LogP) is 5.20. The molecule has 3 aromatic rings. The summed E-state index contributed by atoms with van der Waals surface area (Å²) in [6.45, 7) is 3.03. The third-order valence-corrected chi connectivity index (χ3v) is 7.72. The van der Waals surface area contributed by atoms with Crippen LogP contribution in [0.15, 0.2) is 36.7 Å². The Morgan fingerprint density at radius 3 is 2.71 bits per heavy atom. The Kier molecular flexibility index (Phi) is 8.64. The number of methoxy groups -OCH3 is 1. The van der Waals surface area contributed by atoms with Crippen LogP contribution in [0.25, 0.3) is 10.4 Å². The molecule has 12 heteroatoms. The van der Waals surface area contributed by atoms with Gasteiger partial charge in [-0.3, -0.25) is 4.79 Å². The number of hydrogen-bond acceptors (Lipinski definition) is 8. The van der Waals surface area contributed by atoms with Crippen LogP contribution in [0.1, 0.15) is 48.4 Å². The van der Waals surface area contributed by atoms with Gasteiger partial charge in [-0.2, -0.15) is 13.2 Å². The number of carbonyl (C=O) groups excluding carboxylic acids is 1. The third kappa shape index (κ3) is 6.86. The van der Waals surface area contributed by atoms with E-state index in [4.69, 9.17) is 4.74 Å². The van der Waals surface area contributed by atoms with E-state index in [1.807, 2.05) is 13.0 Å². The lowest BCUT2D eigenvalue weighted by atomic mass is 9.78. The van der Waals surface area contributed by atoms with Crippen molar-refractivity contribution >= 4 is 28.9 Å². The molecule has 2 heterocycles. The topological polar surface area (TPSA) is 109 Å². The van der Waals surface area contributed by atoms with Crippen molar-refractivity contribution in [2.75, 3.05) is 25.6 Å². The maximum absolute atomic E-state index is 13.0. The lowest BCUT2D eigenvalue weighted by Gasteiger charge is -2.33. The Bertz CT molecular complexity index is 1260. The Hall–Kier alpha value is -3.09. The molecule has 38 heavy (non-hydrogen) atoms. The minimum atomic E-state index is -4.57. The van der Waals surface area contributed by atoms with E-state index in [9.17, 15) is 23.1 Å². The number of ether oxygens (including phenoxy) is 1. The van der Waals surface area contributed by atoms with Gasteiger partial charge in [0.15, 0.2) is 0 Å². The molecule has 8 nitrogen and oxygen atoms in total. The molecule has 1 aliphatic carbocycles. The van der Waals surface area contributed by atoms with Crippen molar-refractivity contribution in [3.8, 4) is 10.4 Å². The molecule has 0 spiro atoms. The maximum atomic E-state index is 13.0. The van der Waals surface area contributed by atoms with Crippen molar-refractivity contribution in [2.24, 2.45) is 5.92 Å². The second-order valence-electron chi connectivity index (χ2n) is 9.45. The number of alkyl halides is 3. The SMILES string of the molecule is COCCCNC(=O)C1CCC(O)(c2ncc(-c3cc(C)cc(Nc4nccc(C(F)(F)F)n4)c3)s2)CC1. The molecule has 0 atom stereocenters. The van der Waals surface area contributed by atoms with Crippen molar-refractivity contribution in [3.05, 3.63) is 52.9 Å². The van der Waals surface area contributed by atoms with Crippen LogP contribution in [0.5, 0.6) is 0 Å². The number of nitrogens with one attached hydrogen (secondary N) is 2. The Morgan fingerprint density at radius 1 is 1.24 bits per heavy atom. The quantitative estimate of drug-likeness (QED) is 0.315. The van der Waals surface area contributed by atoms with Crippen molar-refractivity contribution in [3.63, 3.8) is 0 Å². The fourth-order valence-corrected chi connectivity index (χ4v) is 5.52. The highest BCUT2D eigenvalue weighted by Gasteiger charge is 2.39. The smallest absolute Gasteiger partial charge is 0.385 e. The second kappa shape index (κ2) is 11.7. The van der Waals surface area contributed by atoms with Gasteiger partial charge in [-0.05, 0) is 68.4 Å². The first-order valence-corrected chi connectivity index (χ1v) is 13.1. The van der Waals surface area contributed by atoms with Gasteiger partial charge >= 0.3 is 6.18 Å². The molecule has 0 saturated heterocycles. The van der Waals surface area contributed by atoms with Crippen LogP contribution in [0.2, 0.25) is 0 Å². The van der Waals surface area contributed by atoms with Gasteiger partial charge in [0.25, 0.3) is 0 Å². The van der Waals surface area contributed by atoms with Gasteiger partial charge in [-0.25, -0.2) is 15.0 Å². The number of benzene rings is 1. The van der Waals surface area contributed by atoms with Crippen LogP contribution in [0, 0.1) is 12.8 Å². The average Bonchev–Trinajstić information content (AvgIpc) is 3.38. The predicted molar refractivity (Wildman–Crippen MR) is 138 cm³/mol. The lowest BCUT2D eigenvalue weighted by molar-refractivity contribution is -0.141. The second-order valence-corrected chi connectivity index (χ2v) is 10.5. The van der Waals surface area contributed by atoms with Crippen LogP contribution in [-0.2, 0) is 21.3 Å². The van der Waals surface area contributed by atoms with Crippen molar-refractivity contribution in [1.82, 2.24) is 20.3 Å². The summed E-state index contributed by atoms with van der Waals surface area (Å²) in [5, 5.41) is 17.7. The summed E-state index contributed by atoms with van der Waals surface area (Å²) in [4.78, 5) is 25.2. The van der Waals surface area contributed by atoms with Gasteiger partial charge in [-0.15, -0.1) is 11.3 Å². The van der Waals surface area contributed by atoms with Gasteiger partial charge < -0.3 is 20.5 Å². The first kappa shape index (κ1) is 27.9. The van der Waals surface area contributed by atoms with Crippen molar-refractivity contribution < 1.29 is 27.8 Å². The number of aliphatic hydroxyl groups is 1. The van der Waals surface area contributed by atoms with Gasteiger partial charge in [0, 0.05) is 44.3 Å². The van der Waals surface area contributed by atoms with E-state index in [2.05, 4.69) is 25.6 Å². The number of anilines is 2. The molecule has 3 N–H and O–H groups in total. The minimum Gasteiger partial charge on any atom is -0.385 e. The van der Waals surface area contributed by atoms with E-state index in [0.29, 0.717) is 49.5 Å². The minimum absolute atomic E-state index is 0.00696. The maximum Gasteiger partial charge on any atom is 0.433 e. The molecule has 0 unspecified atom stereocenters. The van der Waals surface area contributed by atoms with Crippen LogP contribution < -0.4 is 10.6 Å². The molecule has 204 valence electrons. The number of nitrogens with zero attached hydrogens (tertiary/aromatic N) is 3. The molecular weight excluding hydrogens is 519 g/mol. The molecule has 4 rings (SSSR count). The number of rotatable bonds is 9. The molecule has 1 fully saturated rings. The molecule has 1 saturated carbocycles. The molecule has 1 amide bonds. The molecule has 1 aromatic carbocycles. The summed E-state index contributed by atoms with van der Waals surface area (Å²) in [5.74, 6) is -0.289. The Balaban J connectivity index is 1.43. The fourth-order valence-electron chi connectivity index (χ4n) is 4.47. The van der Waals surface area contributed by atoms with Crippen molar-refractivity contribution in [1.29, 1.82) is 0 Å². The van der Waals surface area contributed by atoms with Crippen LogP contribution in [-0.4, -0.2) is 46.2 Å². The summed E-state index contributed by atoms with van der Waals surface area (Å²) < 4.78 is 44.0. The monoisotopic (exact) mass is 549 g/mol. The highest BCUT2D eigenvalue weighted by atomic mass is 32.1. The first-order chi connectivity index (χ1) is 18.1. The number of carbonyl (C=O) groups is 1. The molecule has 2 aromatic heterocycles. The summed E-state index contributed by atoms with van der Waals surface area (Å²) in [5.41, 5.74) is 0.0807. The lowest BCUT2D eigenvalue weighted by Crippen LogP contribution is -2.38. The summed E-state index contributed by atoms with van der Waals surface area (Å²) in [6, 6.07) is 6.32. The Labute approximate surface area is 222 Å². The van der Waals surface area contributed by atoms with Crippen LogP contribution in [0.4, 0.5) is 24.8 Å². The largest absolute Gasteiger partial charge is 0.433 e. The fraction of sp³-hybridized carbons (Fsp3) is 0.462. The van der Waals surface area contributed by atoms with Crippen molar-refractivity contribution in [2.45, 2.75) is 50.8 Å². The molecule has 0 radical (unpaired) electrons. The van der Waals surface area contributed by atoms with E-state index in [1.165, 1.54) is 11.3 Å². The molecular formula is C26H30F3N5O3S. The normalized spacial score (nSPS) is 19.8. The summed E-state index contributed by atoms with van der Waals surface area (Å²) in [6.07, 6.45) is 0.936. The van der Waals surface area contributed by atoms with E-state index in [0.717, 1.165) is 34.7 Å². The highest BCUT2D eigenvalue weighted by molar-refractivity contribution is 7.15. The zero-order valence-electron chi connectivity index (χ0n) is 21.1. The van der Waals surface area contributed by atoms with E-state index in [-0.39, 0.29) is 17.8 Å². The highest BCUT2D eigenvalue weighted by Crippen LogP contribution is 2.43. The Morgan fingerprint density at radius 2 is 2.00 bits per heavy atom. The zero-order chi connectivity index (χ0) is 27.3. The van der Waals surface area contributed by atoms with Gasteiger partial charge in [0.1, 0.15) is 16.3 Å². The summed E-state index contributed by atoms with van der Waals surface area (Å²) in [7, 11) is 1.62. The zero-order valence-corrected chi connectivity index (χ0v) is 22.0. The van der Waals surface area contributed by atoms with Gasteiger partial charge in [0.2, 0.25) is 11.9 Å². The number of hydrogen-bond donors (Lipinski definition) is 3. The number of aryl methyl sites for hydroxylation is 1. The van der Waals surface area contributed by atoms with Gasteiger partial charge in [0.05, 0.1) is 4.88 Å². The number of halogens is 3. The van der Waals surface area contributed by atoms with Gasteiger partial charge in [-0.1, -0.05) is 6.07 Å². The molecule has 0 bridgehead atoms. The van der Waals surface area contributed by atoms with E-state index in [1.54, 1.807) is 25.4 Å². The van der Waals surface area contributed by atoms with Crippen LogP contribution in [0.3, 0.4) is 0 Å². The number of thiazole rings is 1. The number of amides is 1. The molecule has 0 aliphatic heterocycles. The first-order valence-electron chi connectivity index (χ1n) is 12.3. The number of aromatic nitrogens is 3. The summed E-state index contributed by atoms with van der Waals surface area (Å²) >= 11 is 1.37.